The Kier molecular flexibility index (Phi) is 7.00. The van der Waals surface area contributed by atoms with Gasteiger partial charge in [-0.1, -0.05) is 23.7 Å². The van der Waals surface area contributed by atoms with Crippen molar-refractivity contribution in [1.82, 2.24) is 14.9 Å². The number of nitrogens with one attached hydrogen (secondary N) is 1. The van der Waals surface area contributed by atoms with Gasteiger partial charge in [-0.3, -0.25) is 9.69 Å². The maximum Gasteiger partial charge on any atom is 0.416 e. The normalized spacial score (nSPS) is 15.5. The van der Waals surface area contributed by atoms with Gasteiger partial charge in [0.25, 0.3) is 0 Å². The number of imidazole rings is 1. The Morgan fingerprint density at radius 2 is 1.74 bits per heavy atom. The zero-order chi connectivity index (χ0) is 24.5. The summed E-state index contributed by atoms with van der Waals surface area (Å²) in [5, 5.41) is 0.632. The van der Waals surface area contributed by atoms with Crippen LogP contribution in [0.2, 0.25) is 5.02 Å². The van der Waals surface area contributed by atoms with Crippen LogP contribution in [-0.4, -0.2) is 39.9 Å². The van der Waals surface area contributed by atoms with Crippen LogP contribution in [0.25, 0.3) is 11.4 Å². The van der Waals surface area contributed by atoms with Crippen LogP contribution < -0.4 is 4.90 Å². The average molecular weight is 491 g/mol. The van der Waals surface area contributed by atoms with Gasteiger partial charge in [-0.25, -0.2) is 4.98 Å². The molecule has 2 aromatic carbocycles. The van der Waals surface area contributed by atoms with Crippen molar-refractivity contribution < 1.29 is 18.0 Å². The Labute approximate surface area is 201 Å². The number of nitrogens with zero attached hydrogens (tertiary/aromatic N) is 3. The van der Waals surface area contributed by atoms with Crippen LogP contribution >= 0.6 is 11.6 Å². The molecule has 34 heavy (non-hydrogen) atoms. The molecule has 4 rings (SSSR count). The second kappa shape index (κ2) is 9.80. The van der Waals surface area contributed by atoms with E-state index in [4.69, 9.17) is 11.6 Å². The van der Waals surface area contributed by atoms with Crippen LogP contribution in [0, 0.1) is 6.92 Å². The third kappa shape index (κ3) is 5.45. The molecule has 5 nitrogen and oxygen atoms in total. The fourth-order valence-electron chi connectivity index (χ4n) is 4.40. The summed E-state index contributed by atoms with van der Waals surface area (Å²) in [6, 6.07) is 12.4. The average Bonchev–Trinajstić information content (AvgIpc) is 3.16. The van der Waals surface area contributed by atoms with Gasteiger partial charge in [0.1, 0.15) is 5.82 Å². The number of alkyl halides is 3. The number of H-pyrrole nitrogens is 1. The van der Waals surface area contributed by atoms with Crippen molar-refractivity contribution in [3.63, 3.8) is 0 Å². The molecule has 1 amide bonds. The maximum atomic E-state index is 12.8. The van der Waals surface area contributed by atoms with E-state index in [9.17, 15) is 18.0 Å². The van der Waals surface area contributed by atoms with E-state index in [2.05, 4.69) is 14.9 Å². The first-order valence-electron chi connectivity index (χ1n) is 11.1. The third-order valence-electron chi connectivity index (χ3n) is 6.21. The fraction of sp³-hybridized carbons (Fsp3) is 0.360. The quantitative estimate of drug-likeness (QED) is 0.472. The number of hydrogen-bond donors (Lipinski definition) is 1. The Bertz CT molecular complexity index is 1130. The monoisotopic (exact) mass is 490 g/mol. The zero-order valence-electron chi connectivity index (χ0n) is 19.0. The van der Waals surface area contributed by atoms with Crippen LogP contribution in [0.1, 0.15) is 36.7 Å². The second-order valence-corrected chi connectivity index (χ2v) is 9.04. The van der Waals surface area contributed by atoms with Crippen molar-refractivity contribution in [2.45, 2.75) is 45.5 Å². The number of halogens is 4. The molecule has 180 valence electrons. The number of piperidine rings is 1. The van der Waals surface area contributed by atoms with Crippen LogP contribution in [0.4, 0.5) is 18.9 Å². The summed E-state index contributed by atoms with van der Waals surface area (Å²) in [6.45, 7) is 5.75. The van der Waals surface area contributed by atoms with Gasteiger partial charge in [-0.15, -0.1) is 0 Å². The molecule has 1 aliphatic rings. The summed E-state index contributed by atoms with van der Waals surface area (Å²) in [6.07, 6.45) is -2.70. The summed E-state index contributed by atoms with van der Waals surface area (Å²) in [5.41, 5.74) is 2.54. The summed E-state index contributed by atoms with van der Waals surface area (Å²) in [5.74, 6) is 0.562. The number of benzene rings is 2. The highest BCUT2D eigenvalue weighted by Crippen LogP contribution is 2.31. The predicted octanol–water partition coefficient (Wildman–Crippen LogP) is 6.07. The molecule has 9 heteroatoms. The zero-order valence-corrected chi connectivity index (χ0v) is 19.7. The molecule has 1 saturated heterocycles. The fourth-order valence-corrected chi connectivity index (χ4v) is 4.53. The van der Waals surface area contributed by atoms with E-state index < -0.39 is 11.7 Å². The van der Waals surface area contributed by atoms with Crippen molar-refractivity contribution in [2.75, 3.05) is 18.0 Å². The van der Waals surface area contributed by atoms with Crippen LogP contribution in [0.5, 0.6) is 0 Å². The second-order valence-electron chi connectivity index (χ2n) is 8.60. The number of aromatic amines is 1. The van der Waals surface area contributed by atoms with Crippen LogP contribution in [0.3, 0.4) is 0 Å². The minimum atomic E-state index is -4.36. The molecule has 1 fully saturated rings. The lowest BCUT2D eigenvalue weighted by molar-refractivity contribution is -0.137. The smallest absolute Gasteiger partial charge is 0.342 e. The Morgan fingerprint density at radius 1 is 1.12 bits per heavy atom. The first-order chi connectivity index (χ1) is 16.1. The van der Waals surface area contributed by atoms with Gasteiger partial charge in [0, 0.05) is 54.6 Å². The molecule has 2 heterocycles. The molecule has 0 unspecified atom stereocenters. The topological polar surface area (TPSA) is 52.2 Å². The largest absolute Gasteiger partial charge is 0.416 e. The highest BCUT2D eigenvalue weighted by atomic mass is 35.5. The lowest BCUT2D eigenvalue weighted by atomic mass is 10.0. The van der Waals surface area contributed by atoms with E-state index in [1.165, 1.54) is 12.1 Å². The molecule has 0 aliphatic carbocycles. The van der Waals surface area contributed by atoms with Crippen molar-refractivity contribution in [1.29, 1.82) is 0 Å². The molecule has 0 radical (unpaired) electrons. The van der Waals surface area contributed by atoms with Gasteiger partial charge in [0.05, 0.1) is 11.3 Å². The molecule has 0 spiro atoms. The molecular formula is C25H26ClF3N4O. The molecule has 0 bridgehead atoms. The number of anilines is 1. The number of rotatable bonds is 5. The maximum absolute atomic E-state index is 12.8. The van der Waals surface area contributed by atoms with Gasteiger partial charge in [0.15, 0.2) is 0 Å². The van der Waals surface area contributed by atoms with E-state index in [1.54, 1.807) is 19.1 Å². The van der Waals surface area contributed by atoms with Crippen LogP contribution in [0.15, 0.2) is 48.5 Å². The number of carbonyl (C=O) groups excluding carboxylic acids is 1. The first kappa shape index (κ1) is 24.3. The highest BCUT2D eigenvalue weighted by molar-refractivity contribution is 6.30. The lowest BCUT2D eigenvalue weighted by Gasteiger charge is -2.38. The lowest BCUT2D eigenvalue weighted by Crippen LogP contribution is -2.46. The van der Waals surface area contributed by atoms with Crippen molar-refractivity contribution >= 4 is 23.2 Å². The van der Waals surface area contributed by atoms with E-state index in [1.807, 2.05) is 24.0 Å². The summed E-state index contributed by atoms with van der Waals surface area (Å²) < 4.78 is 38.5. The number of likely N-dealkylation sites (tertiary alicyclic amines) is 1. The molecular weight excluding hydrogens is 465 g/mol. The number of carbonyl (C=O) groups is 1. The molecule has 0 atom stereocenters. The number of amides is 1. The minimum absolute atomic E-state index is 0.00472. The minimum Gasteiger partial charge on any atom is -0.342 e. The molecule has 1 N–H and O–H groups in total. The van der Waals surface area contributed by atoms with Crippen LogP contribution in [-0.2, 0) is 17.5 Å². The Hall–Kier alpha value is -2.84. The summed E-state index contributed by atoms with van der Waals surface area (Å²) >= 11 is 5.99. The van der Waals surface area contributed by atoms with Crippen molar-refractivity contribution in [2.24, 2.45) is 0 Å². The Morgan fingerprint density at radius 3 is 2.29 bits per heavy atom. The molecule has 3 aromatic rings. The SMILES string of the molecule is CC(=O)N(c1ccc(Cl)cc1)C1CCN(Cc2nc(-c3ccc(C(F)(F)F)cc3)[nH]c2C)CC1. The van der Waals surface area contributed by atoms with E-state index in [0.717, 1.165) is 55.1 Å². The van der Waals surface area contributed by atoms with Gasteiger partial charge < -0.3 is 9.88 Å². The third-order valence-corrected chi connectivity index (χ3v) is 6.46. The molecule has 1 aliphatic heterocycles. The van der Waals surface area contributed by atoms with Crippen molar-refractivity contribution in [3.05, 3.63) is 70.5 Å². The summed E-state index contributed by atoms with van der Waals surface area (Å²) in [4.78, 5) is 24.3. The number of aromatic nitrogens is 2. The van der Waals surface area contributed by atoms with Gasteiger partial charge in [-0.2, -0.15) is 13.2 Å². The van der Waals surface area contributed by atoms with Gasteiger partial charge in [0.2, 0.25) is 5.91 Å². The van der Waals surface area contributed by atoms with Crippen molar-refractivity contribution in [3.8, 4) is 11.4 Å². The Balaban J connectivity index is 1.40. The van der Waals surface area contributed by atoms with E-state index in [0.29, 0.717) is 23.0 Å². The van der Waals surface area contributed by atoms with Gasteiger partial charge in [-0.05, 0) is 56.2 Å². The summed E-state index contributed by atoms with van der Waals surface area (Å²) in [7, 11) is 0. The number of hydrogen-bond acceptors (Lipinski definition) is 3. The predicted molar refractivity (Wildman–Crippen MR) is 127 cm³/mol. The highest BCUT2D eigenvalue weighted by Gasteiger charge is 2.30. The number of aryl methyl sites for hydroxylation is 1. The molecule has 1 aromatic heterocycles. The first-order valence-corrected chi connectivity index (χ1v) is 11.5. The van der Waals surface area contributed by atoms with E-state index >= 15 is 0 Å². The van der Waals surface area contributed by atoms with Gasteiger partial charge >= 0.3 is 6.18 Å². The van der Waals surface area contributed by atoms with E-state index in [-0.39, 0.29) is 11.9 Å². The standard InChI is InChI=1S/C25H26ClF3N4O/c1-16-23(31-24(30-16)18-3-5-19(6-4-18)25(27,28)29)15-32-13-11-22(12-14-32)33(17(2)34)21-9-7-20(26)8-10-21/h3-10,22H,11-15H2,1-2H3,(H,30,31). The molecule has 0 saturated carbocycles.